The van der Waals surface area contributed by atoms with E-state index < -0.39 is 0 Å². The highest BCUT2D eigenvalue weighted by Crippen LogP contribution is 2.29. The van der Waals surface area contributed by atoms with E-state index in [1.807, 2.05) is 11.9 Å². The fraction of sp³-hybridized carbons (Fsp3) is 0.909. The zero-order chi connectivity index (χ0) is 9.97. The van der Waals surface area contributed by atoms with Crippen LogP contribution in [0.3, 0.4) is 0 Å². The molecule has 2 rings (SSSR count). The third-order valence-corrected chi connectivity index (χ3v) is 3.21. The van der Waals surface area contributed by atoms with E-state index in [4.69, 9.17) is 0 Å². The third kappa shape index (κ3) is 2.47. The largest absolute Gasteiger partial charge is 0.344 e. The first-order valence-electron chi connectivity index (χ1n) is 5.76. The lowest BCUT2D eigenvalue weighted by Gasteiger charge is -2.27. The molecule has 0 spiro atoms. The molecule has 0 aromatic heterocycles. The van der Waals surface area contributed by atoms with Crippen LogP contribution in [0.25, 0.3) is 0 Å². The average Bonchev–Trinajstić information content (AvgIpc) is 3.02. The Balaban J connectivity index is 1.79. The average molecular weight is 196 g/mol. The molecule has 2 fully saturated rings. The van der Waals surface area contributed by atoms with E-state index in [0.29, 0.717) is 5.91 Å². The monoisotopic (exact) mass is 196 g/mol. The van der Waals surface area contributed by atoms with Crippen LogP contribution >= 0.6 is 0 Å². The van der Waals surface area contributed by atoms with Crippen LogP contribution in [0.1, 0.15) is 32.1 Å². The minimum Gasteiger partial charge on any atom is -0.344 e. The van der Waals surface area contributed by atoms with Gasteiger partial charge in [-0.2, -0.15) is 0 Å². The van der Waals surface area contributed by atoms with Crippen LogP contribution in [0.5, 0.6) is 0 Å². The maximum absolute atomic E-state index is 11.9. The Bertz CT molecular complexity index is 207. The smallest absolute Gasteiger partial charge is 0.239 e. The van der Waals surface area contributed by atoms with Crippen molar-refractivity contribution in [3.63, 3.8) is 0 Å². The molecule has 2 aliphatic rings. The zero-order valence-corrected chi connectivity index (χ0v) is 8.96. The molecule has 80 valence electrons. The summed E-state index contributed by atoms with van der Waals surface area (Å²) in [5.41, 5.74) is 0. The Labute approximate surface area is 85.8 Å². The lowest BCUT2D eigenvalue weighted by atomic mass is 10.0. The Morgan fingerprint density at radius 1 is 1.36 bits per heavy atom. The molecule has 14 heavy (non-hydrogen) atoms. The van der Waals surface area contributed by atoms with Gasteiger partial charge >= 0.3 is 0 Å². The van der Waals surface area contributed by atoms with Crippen molar-refractivity contribution in [3.05, 3.63) is 0 Å². The maximum atomic E-state index is 11.9. The molecule has 1 atom stereocenters. The van der Waals surface area contributed by atoms with E-state index >= 15 is 0 Å². The van der Waals surface area contributed by atoms with Crippen LogP contribution < -0.4 is 5.32 Å². The van der Waals surface area contributed by atoms with E-state index in [1.165, 1.54) is 25.7 Å². The fourth-order valence-corrected chi connectivity index (χ4v) is 2.11. The number of hydrogen-bond donors (Lipinski definition) is 1. The molecule has 1 aliphatic heterocycles. The number of likely N-dealkylation sites (N-methyl/N-ethyl adjacent to an activating group) is 1. The summed E-state index contributed by atoms with van der Waals surface area (Å²) in [6.45, 7) is 1.98. The van der Waals surface area contributed by atoms with Crippen molar-refractivity contribution >= 4 is 5.91 Å². The first-order valence-corrected chi connectivity index (χ1v) is 5.76. The van der Waals surface area contributed by atoms with E-state index in [1.54, 1.807) is 0 Å². The Kier molecular flexibility index (Phi) is 3.06. The molecule has 1 aliphatic carbocycles. The van der Waals surface area contributed by atoms with Crippen molar-refractivity contribution in [2.45, 2.75) is 38.1 Å². The summed E-state index contributed by atoms with van der Waals surface area (Å²) in [7, 11) is 1.94. The molecular weight excluding hydrogens is 176 g/mol. The van der Waals surface area contributed by atoms with Crippen molar-refractivity contribution in [1.82, 2.24) is 10.2 Å². The van der Waals surface area contributed by atoms with Crippen molar-refractivity contribution in [2.75, 3.05) is 20.1 Å². The molecule has 1 unspecified atom stereocenters. The zero-order valence-electron chi connectivity index (χ0n) is 8.96. The lowest BCUT2D eigenvalue weighted by Crippen LogP contribution is -2.47. The van der Waals surface area contributed by atoms with E-state index in [2.05, 4.69) is 5.32 Å². The Morgan fingerprint density at radius 3 is 2.71 bits per heavy atom. The van der Waals surface area contributed by atoms with Crippen LogP contribution in [-0.2, 0) is 4.79 Å². The predicted octanol–water partition coefficient (Wildman–Crippen LogP) is 0.997. The summed E-state index contributed by atoms with van der Waals surface area (Å²) >= 11 is 0. The second-order valence-electron chi connectivity index (χ2n) is 4.66. The summed E-state index contributed by atoms with van der Waals surface area (Å²) in [4.78, 5) is 13.8. The number of amides is 1. The van der Waals surface area contributed by atoms with E-state index in [0.717, 1.165) is 25.4 Å². The standard InChI is InChI=1S/C11H20N2O/c1-13(8-9-5-6-9)11(14)10-4-2-3-7-12-10/h9-10,12H,2-8H2,1H3. The number of piperidine rings is 1. The van der Waals surface area contributed by atoms with Gasteiger partial charge in [-0.1, -0.05) is 6.42 Å². The predicted molar refractivity (Wildman–Crippen MR) is 56.0 cm³/mol. The second-order valence-corrected chi connectivity index (χ2v) is 4.66. The number of rotatable bonds is 3. The summed E-state index contributed by atoms with van der Waals surface area (Å²) < 4.78 is 0. The van der Waals surface area contributed by atoms with Gasteiger partial charge in [-0.3, -0.25) is 4.79 Å². The summed E-state index contributed by atoms with van der Waals surface area (Å²) in [6, 6.07) is 0.104. The van der Waals surface area contributed by atoms with Gasteiger partial charge in [-0.15, -0.1) is 0 Å². The van der Waals surface area contributed by atoms with Crippen molar-refractivity contribution in [3.8, 4) is 0 Å². The van der Waals surface area contributed by atoms with Crippen LogP contribution in [0.2, 0.25) is 0 Å². The molecule has 1 N–H and O–H groups in total. The maximum Gasteiger partial charge on any atom is 0.239 e. The number of carbonyl (C=O) groups excluding carboxylic acids is 1. The normalized spacial score (nSPS) is 27.4. The molecular formula is C11H20N2O. The first kappa shape index (κ1) is 9.97. The van der Waals surface area contributed by atoms with Gasteiger partial charge in [0.2, 0.25) is 5.91 Å². The highest BCUT2D eigenvalue weighted by molar-refractivity contribution is 5.81. The molecule has 0 aromatic carbocycles. The van der Waals surface area contributed by atoms with E-state index in [9.17, 15) is 4.79 Å². The number of hydrogen-bond acceptors (Lipinski definition) is 2. The van der Waals surface area contributed by atoms with Gasteiger partial charge in [0.05, 0.1) is 6.04 Å². The highest BCUT2D eigenvalue weighted by Gasteiger charge is 2.28. The van der Waals surface area contributed by atoms with Crippen LogP contribution in [0.4, 0.5) is 0 Å². The molecule has 3 nitrogen and oxygen atoms in total. The molecule has 0 bridgehead atoms. The highest BCUT2D eigenvalue weighted by atomic mass is 16.2. The molecule has 0 aromatic rings. The SMILES string of the molecule is CN(CC1CC1)C(=O)C1CCCCN1. The van der Waals surface area contributed by atoms with Crippen LogP contribution in [0, 0.1) is 5.92 Å². The first-order chi connectivity index (χ1) is 6.77. The summed E-state index contributed by atoms with van der Waals surface area (Å²) in [5, 5.41) is 3.30. The quantitative estimate of drug-likeness (QED) is 0.730. The van der Waals surface area contributed by atoms with Gasteiger partial charge < -0.3 is 10.2 Å². The molecule has 1 saturated carbocycles. The molecule has 3 heteroatoms. The van der Waals surface area contributed by atoms with Gasteiger partial charge in [0.15, 0.2) is 0 Å². The minimum absolute atomic E-state index is 0.104. The van der Waals surface area contributed by atoms with Crippen LogP contribution in [0.15, 0.2) is 0 Å². The van der Waals surface area contributed by atoms with Crippen molar-refractivity contribution < 1.29 is 4.79 Å². The second kappa shape index (κ2) is 4.30. The summed E-state index contributed by atoms with van der Waals surface area (Å²) in [6.07, 6.45) is 6.07. The number of carbonyl (C=O) groups is 1. The van der Waals surface area contributed by atoms with Crippen LogP contribution in [-0.4, -0.2) is 37.0 Å². The molecule has 0 radical (unpaired) electrons. The molecule has 1 saturated heterocycles. The number of nitrogens with zero attached hydrogens (tertiary/aromatic N) is 1. The van der Waals surface area contributed by atoms with E-state index in [-0.39, 0.29) is 6.04 Å². The minimum atomic E-state index is 0.104. The van der Waals surface area contributed by atoms with Gasteiger partial charge in [-0.25, -0.2) is 0 Å². The fourth-order valence-electron chi connectivity index (χ4n) is 2.11. The van der Waals surface area contributed by atoms with Crippen molar-refractivity contribution in [1.29, 1.82) is 0 Å². The van der Waals surface area contributed by atoms with Gasteiger partial charge in [0.25, 0.3) is 0 Å². The molecule has 1 amide bonds. The van der Waals surface area contributed by atoms with Gasteiger partial charge in [0.1, 0.15) is 0 Å². The summed E-state index contributed by atoms with van der Waals surface area (Å²) in [5.74, 6) is 1.10. The Hall–Kier alpha value is -0.570. The Morgan fingerprint density at radius 2 is 2.14 bits per heavy atom. The van der Waals surface area contributed by atoms with Crippen molar-refractivity contribution in [2.24, 2.45) is 5.92 Å². The number of nitrogens with one attached hydrogen (secondary N) is 1. The topological polar surface area (TPSA) is 32.3 Å². The third-order valence-electron chi connectivity index (χ3n) is 3.21. The van der Waals surface area contributed by atoms with Gasteiger partial charge in [-0.05, 0) is 38.1 Å². The molecule has 1 heterocycles. The van der Waals surface area contributed by atoms with Gasteiger partial charge in [0, 0.05) is 13.6 Å². The lowest BCUT2D eigenvalue weighted by molar-refractivity contribution is -0.132.